The van der Waals surface area contributed by atoms with E-state index in [-0.39, 0.29) is 0 Å². The zero-order valence-electron chi connectivity index (χ0n) is 7.00. The van der Waals surface area contributed by atoms with E-state index in [1.165, 1.54) is 0 Å². The van der Waals surface area contributed by atoms with E-state index in [1.807, 2.05) is 17.5 Å². The van der Waals surface area contributed by atoms with E-state index in [0.29, 0.717) is 0 Å². The molecule has 2 N–H and O–H groups in total. The van der Waals surface area contributed by atoms with Gasteiger partial charge in [0.25, 0.3) is 0 Å². The van der Waals surface area contributed by atoms with Crippen molar-refractivity contribution >= 4 is 43.0 Å². The highest BCUT2D eigenvalue weighted by Gasteiger charge is 2.08. The molecule has 2 nitrogen and oxygen atoms in total. The second-order valence-electron chi connectivity index (χ2n) is 2.67. The fourth-order valence-corrected chi connectivity index (χ4v) is 2.89. The lowest BCUT2D eigenvalue weighted by Gasteiger charge is -2.01. The minimum atomic E-state index is 0.752. The Morgan fingerprint density at radius 1 is 1.46 bits per heavy atom. The van der Waals surface area contributed by atoms with Crippen LogP contribution in [0.3, 0.4) is 0 Å². The monoisotopic (exact) mass is 257 g/mol. The number of rotatable bonds is 1. The maximum absolute atomic E-state index is 5.87. The van der Waals surface area contributed by atoms with Crippen molar-refractivity contribution in [3.05, 3.63) is 22.0 Å². The van der Waals surface area contributed by atoms with Crippen LogP contribution in [0.15, 0.2) is 22.0 Å². The summed E-state index contributed by atoms with van der Waals surface area (Å²) in [7, 11) is 1.66. The third-order valence-electron chi connectivity index (χ3n) is 1.86. The molecule has 1 heterocycles. The van der Waals surface area contributed by atoms with Crippen molar-refractivity contribution in [1.82, 2.24) is 0 Å². The van der Waals surface area contributed by atoms with Gasteiger partial charge in [-0.15, -0.1) is 11.3 Å². The van der Waals surface area contributed by atoms with Crippen molar-refractivity contribution in [3.8, 4) is 5.75 Å². The number of anilines is 1. The van der Waals surface area contributed by atoms with Crippen LogP contribution in [0.5, 0.6) is 5.75 Å². The van der Waals surface area contributed by atoms with Gasteiger partial charge in [-0.2, -0.15) is 0 Å². The molecule has 0 aliphatic rings. The standard InChI is InChI=1S/C9H8BrNOS/c1-12-7-4-13-8-3-5(10)2-6(11)9(7)8/h2-4H,11H2,1H3. The highest BCUT2D eigenvalue weighted by Crippen LogP contribution is 2.38. The van der Waals surface area contributed by atoms with Gasteiger partial charge in [0.15, 0.2) is 0 Å². The molecule has 13 heavy (non-hydrogen) atoms. The summed E-state index contributed by atoms with van der Waals surface area (Å²) in [5.74, 6) is 0.852. The number of hydrogen-bond donors (Lipinski definition) is 1. The lowest BCUT2D eigenvalue weighted by molar-refractivity contribution is 0.421. The van der Waals surface area contributed by atoms with Crippen molar-refractivity contribution in [2.45, 2.75) is 0 Å². The van der Waals surface area contributed by atoms with Crippen LogP contribution in [0, 0.1) is 0 Å². The lowest BCUT2D eigenvalue weighted by atomic mass is 10.2. The van der Waals surface area contributed by atoms with Crippen molar-refractivity contribution in [2.75, 3.05) is 12.8 Å². The first kappa shape index (κ1) is 8.84. The largest absolute Gasteiger partial charge is 0.495 e. The number of thiophene rings is 1. The number of methoxy groups -OCH3 is 1. The van der Waals surface area contributed by atoms with Gasteiger partial charge >= 0.3 is 0 Å². The number of ether oxygens (including phenoxy) is 1. The fourth-order valence-electron chi connectivity index (χ4n) is 1.28. The van der Waals surface area contributed by atoms with Gasteiger partial charge in [-0.25, -0.2) is 0 Å². The van der Waals surface area contributed by atoms with Crippen molar-refractivity contribution in [2.24, 2.45) is 0 Å². The van der Waals surface area contributed by atoms with Gasteiger partial charge in [0.1, 0.15) is 5.75 Å². The van der Waals surface area contributed by atoms with Crippen LogP contribution in [0.4, 0.5) is 5.69 Å². The molecule has 0 aliphatic heterocycles. The first-order chi connectivity index (χ1) is 6.22. The van der Waals surface area contributed by atoms with Crippen LogP contribution in [-0.2, 0) is 0 Å². The molecule has 2 rings (SSSR count). The molecule has 0 fully saturated rings. The van der Waals surface area contributed by atoms with Crippen LogP contribution in [0.25, 0.3) is 10.1 Å². The molecule has 0 bridgehead atoms. The zero-order chi connectivity index (χ0) is 9.42. The Kier molecular flexibility index (Phi) is 2.17. The second-order valence-corrected chi connectivity index (χ2v) is 4.50. The summed E-state index contributed by atoms with van der Waals surface area (Å²) in [5, 5.41) is 2.98. The topological polar surface area (TPSA) is 35.2 Å². The Balaban J connectivity index is 2.82. The Bertz CT molecular complexity index is 452. The van der Waals surface area contributed by atoms with Crippen LogP contribution in [0.2, 0.25) is 0 Å². The maximum Gasteiger partial charge on any atom is 0.139 e. The van der Waals surface area contributed by atoms with Gasteiger partial charge in [0.05, 0.1) is 12.5 Å². The summed E-state index contributed by atoms with van der Waals surface area (Å²) in [5.41, 5.74) is 6.63. The minimum Gasteiger partial charge on any atom is -0.495 e. The molecule has 68 valence electrons. The molecule has 2 aromatic rings. The number of fused-ring (bicyclic) bond motifs is 1. The Morgan fingerprint density at radius 3 is 2.92 bits per heavy atom. The minimum absolute atomic E-state index is 0.752. The Hall–Kier alpha value is -0.740. The smallest absolute Gasteiger partial charge is 0.139 e. The first-order valence-electron chi connectivity index (χ1n) is 3.72. The predicted molar refractivity (Wildman–Crippen MR) is 60.5 cm³/mol. The van der Waals surface area contributed by atoms with Crippen LogP contribution in [0.1, 0.15) is 0 Å². The number of nitrogens with two attached hydrogens (primary N) is 1. The number of hydrogen-bond acceptors (Lipinski definition) is 3. The van der Waals surface area contributed by atoms with Gasteiger partial charge in [0, 0.05) is 20.2 Å². The van der Waals surface area contributed by atoms with Crippen LogP contribution in [-0.4, -0.2) is 7.11 Å². The highest BCUT2D eigenvalue weighted by atomic mass is 79.9. The van der Waals surface area contributed by atoms with E-state index in [2.05, 4.69) is 15.9 Å². The Morgan fingerprint density at radius 2 is 2.23 bits per heavy atom. The fraction of sp³-hybridized carbons (Fsp3) is 0.111. The van der Waals surface area contributed by atoms with Gasteiger partial charge < -0.3 is 10.5 Å². The number of benzene rings is 1. The summed E-state index contributed by atoms with van der Waals surface area (Å²) in [6.07, 6.45) is 0. The third kappa shape index (κ3) is 1.40. The predicted octanol–water partition coefficient (Wildman–Crippen LogP) is 3.25. The maximum atomic E-state index is 5.87. The van der Waals surface area contributed by atoms with E-state index >= 15 is 0 Å². The molecular formula is C9H8BrNOS. The lowest BCUT2D eigenvalue weighted by Crippen LogP contribution is -1.87. The highest BCUT2D eigenvalue weighted by molar-refractivity contribution is 9.10. The molecule has 1 aromatic heterocycles. The van der Waals surface area contributed by atoms with Gasteiger partial charge in [-0.05, 0) is 12.1 Å². The molecular weight excluding hydrogens is 250 g/mol. The van der Waals surface area contributed by atoms with E-state index in [1.54, 1.807) is 18.4 Å². The zero-order valence-corrected chi connectivity index (χ0v) is 9.41. The van der Waals surface area contributed by atoms with E-state index in [4.69, 9.17) is 10.5 Å². The summed E-state index contributed by atoms with van der Waals surface area (Å²) >= 11 is 5.03. The number of halogens is 1. The average Bonchev–Trinajstić information content (AvgIpc) is 2.47. The molecule has 0 atom stereocenters. The van der Waals surface area contributed by atoms with Crippen LogP contribution >= 0.6 is 27.3 Å². The second kappa shape index (κ2) is 3.20. The quantitative estimate of drug-likeness (QED) is 0.797. The Labute approximate surface area is 88.4 Å². The molecule has 1 aromatic carbocycles. The summed E-state index contributed by atoms with van der Waals surface area (Å²) < 4.78 is 7.35. The molecule has 0 amide bonds. The summed E-state index contributed by atoms with van der Waals surface area (Å²) in [6, 6.07) is 3.93. The molecule has 0 saturated heterocycles. The van der Waals surface area contributed by atoms with E-state index < -0.39 is 0 Å². The number of nitrogen functional groups attached to an aromatic ring is 1. The molecule has 0 spiro atoms. The van der Waals surface area contributed by atoms with Crippen molar-refractivity contribution < 1.29 is 4.74 Å². The summed E-state index contributed by atoms with van der Waals surface area (Å²) in [6.45, 7) is 0. The SMILES string of the molecule is COc1csc2cc(Br)cc(N)c12. The third-order valence-corrected chi connectivity index (χ3v) is 3.22. The van der Waals surface area contributed by atoms with Gasteiger partial charge in [-0.1, -0.05) is 15.9 Å². The average molecular weight is 258 g/mol. The summed E-state index contributed by atoms with van der Waals surface area (Å²) in [4.78, 5) is 0. The van der Waals surface area contributed by atoms with Gasteiger partial charge in [-0.3, -0.25) is 0 Å². The van der Waals surface area contributed by atoms with Crippen molar-refractivity contribution in [1.29, 1.82) is 0 Å². The molecule has 0 aliphatic carbocycles. The van der Waals surface area contributed by atoms with Crippen molar-refractivity contribution in [3.63, 3.8) is 0 Å². The first-order valence-corrected chi connectivity index (χ1v) is 5.40. The normalized spacial score (nSPS) is 10.6. The van der Waals surface area contributed by atoms with E-state index in [0.717, 1.165) is 26.0 Å². The molecule has 0 radical (unpaired) electrons. The molecule has 0 saturated carbocycles. The van der Waals surface area contributed by atoms with Gasteiger partial charge in [0.2, 0.25) is 0 Å². The molecule has 0 unspecified atom stereocenters. The van der Waals surface area contributed by atoms with E-state index in [9.17, 15) is 0 Å². The molecule has 4 heteroatoms. The van der Waals surface area contributed by atoms with Crippen LogP contribution < -0.4 is 10.5 Å².